The van der Waals surface area contributed by atoms with Crippen LogP contribution in [0.1, 0.15) is 31.4 Å². The number of hydrogen-bond donors (Lipinski definition) is 0. The fourth-order valence-corrected chi connectivity index (χ4v) is 3.11. The van der Waals surface area contributed by atoms with Gasteiger partial charge in [0.05, 0.1) is 0 Å². The molecule has 0 saturated carbocycles. The summed E-state index contributed by atoms with van der Waals surface area (Å²) in [7, 11) is 0. The minimum absolute atomic E-state index is 0.0779. The van der Waals surface area contributed by atoms with Crippen LogP contribution < -0.4 is 0 Å². The third kappa shape index (κ3) is 3.52. The van der Waals surface area contributed by atoms with Crippen LogP contribution in [0.25, 0.3) is 22.3 Å². The van der Waals surface area contributed by atoms with Gasteiger partial charge in [0.25, 0.3) is 0 Å². The topological polar surface area (TPSA) is 0 Å². The van der Waals surface area contributed by atoms with E-state index in [4.69, 9.17) is 0 Å². The van der Waals surface area contributed by atoms with E-state index in [1.165, 1.54) is 17.7 Å². The van der Waals surface area contributed by atoms with Gasteiger partial charge in [0.15, 0.2) is 11.6 Å². The number of hydrogen-bond acceptors (Lipinski definition) is 0. The second-order valence-electron chi connectivity index (χ2n) is 6.40. The number of halogens is 3. The van der Waals surface area contributed by atoms with E-state index in [2.05, 4.69) is 6.92 Å². The Balaban J connectivity index is 1.98. The molecule has 0 aliphatic carbocycles. The van der Waals surface area contributed by atoms with Gasteiger partial charge in [0.2, 0.25) is 0 Å². The van der Waals surface area contributed by atoms with Crippen molar-refractivity contribution in [2.24, 2.45) is 0 Å². The normalized spacial score (nSPS) is 11.0. The first-order valence-corrected chi connectivity index (χ1v) is 8.91. The zero-order chi connectivity index (χ0) is 18.7. The molecule has 0 heterocycles. The number of aryl methyl sites for hydroxylation is 2. The van der Waals surface area contributed by atoms with Gasteiger partial charge >= 0.3 is 0 Å². The largest absolute Gasteiger partial charge is 0.206 e. The van der Waals surface area contributed by atoms with Crippen LogP contribution in [-0.2, 0) is 12.8 Å². The lowest BCUT2D eigenvalue weighted by atomic mass is 9.97. The minimum Gasteiger partial charge on any atom is -0.206 e. The van der Waals surface area contributed by atoms with Gasteiger partial charge in [-0.15, -0.1) is 0 Å². The Labute approximate surface area is 152 Å². The van der Waals surface area contributed by atoms with Crippen molar-refractivity contribution in [3.05, 3.63) is 83.2 Å². The molecule has 3 heteroatoms. The van der Waals surface area contributed by atoms with E-state index in [0.717, 1.165) is 18.4 Å². The smallest absolute Gasteiger partial charge is 0.166 e. The lowest BCUT2D eigenvalue weighted by molar-refractivity contribution is 0.500. The van der Waals surface area contributed by atoms with Crippen LogP contribution >= 0.6 is 0 Å². The van der Waals surface area contributed by atoms with Crippen molar-refractivity contribution in [3.63, 3.8) is 0 Å². The van der Waals surface area contributed by atoms with Crippen molar-refractivity contribution in [3.8, 4) is 22.3 Å². The molecule has 0 saturated heterocycles. The summed E-state index contributed by atoms with van der Waals surface area (Å²) in [5, 5.41) is 0. The van der Waals surface area contributed by atoms with Crippen molar-refractivity contribution in [1.29, 1.82) is 0 Å². The van der Waals surface area contributed by atoms with Crippen LogP contribution in [0.2, 0.25) is 0 Å². The summed E-state index contributed by atoms with van der Waals surface area (Å²) in [6.07, 6.45) is 2.13. The van der Waals surface area contributed by atoms with E-state index >= 15 is 0 Å². The third-order valence-electron chi connectivity index (χ3n) is 4.63. The summed E-state index contributed by atoms with van der Waals surface area (Å²) in [4.78, 5) is 0. The zero-order valence-corrected chi connectivity index (χ0v) is 15.0. The van der Waals surface area contributed by atoms with Crippen LogP contribution in [-0.4, -0.2) is 0 Å². The summed E-state index contributed by atoms with van der Waals surface area (Å²) < 4.78 is 43.2. The predicted molar refractivity (Wildman–Crippen MR) is 101 cm³/mol. The van der Waals surface area contributed by atoms with Crippen molar-refractivity contribution >= 4 is 0 Å². The quantitative estimate of drug-likeness (QED) is 0.465. The standard InChI is InChI=1S/C23H21F3/c1-3-5-17-10-13-20(23(26)22(17)25)18-11-12-19(21(24)14-18)16-8-6-15(4-2)7-9-16/h6-14H,3-5H2,1-2H3. The average molecular weight is 354 g/mol. The molecule has 0 bridgehead atoms. The molecule has 0 amide bonds. The second-order valence-corrected chi connectivity index (χ2v) is 6.40. The van der Waals surface area contributed by atoms with Gasteiger partial charge in [-0.25, -0.2) is 13.2 Å². The molecule has 0 N–H and O–H groups in total. The average Bonchev–Trinajstić information content (AvgIpc) is 2.66. The number of benzene rings is 3. The molecular formula is C23H21F3. The molecule has 0 atom stereocenters. The van der Waals surface area contributed by atoms with E-state index in [1.54, 1.807) is 18.2 Å². The highest BCUT2D eigenvalue weighted by atomic mass is 19.2. The Morgan fingerprint density at radius 1 is 0.692 bits per heavy atom. The SMILES string of the molecule is CCCc1ccc(-c2ccc(-c3ccc(CC)cc3)c(F)c2)c(F)c1F. The molecule has 26 heavy (non-hydrogen) atoms. The summed E-state index contributed by atoms with van der Waals surface area (Å²) in [6.45, 7) is 3.97. The Bertz CT molecular complexity index is 911. The lowest BCUT2D eigenvalue weighted by Crippen LogP contribution is -1.97. The van der Waals surface area contributed by atoms with Crippen molar-refractivity contribution < 1.29 is 13.2 Å². The number of rotatable bonds is 5. The summed E-state index contributed by atoms with van der Waals surface area (Å²) in [5.74, 6) is -2.22. The fourth-order valence-electron chi connectivity index (χ4n) is 3.11. The maximum absolute atomic E-state index is 14.6. The summed E-state index contributed by atoms with van der Waals surface area (Å²) in [5.41, 5.74) is 3.14. The fraction of sp³-hybridized carbons (Fsp3) is 0.217. The predicted octanol–water partition coefficient (Wildman–Crippen LogP) is 6.95. The Hall–Kier alpha value is -2.55. The van der Waals surface area contributed by atoms with Crippen molar-refractivity contribution in [2.75, 3.05) is 0 Å². The van der Waals surface area contributed by atoms with Gasteiger partial charge in [-0.2, -0.15) is 0 Å². The second kappa shape index (κ2) is 7.77. The van der Waals surface area contributed by atoms with Crippen LogP contribution in [0.15, 0.2) is 54.6 Å². The van der Waals surface area contributed by atoms with Gasteiger partial charge in [-0.05, 0) is 41.2 Å². The van der Waals surface area contributed by atoms with Gasteiger partial charge in [0.1, 0.15) is 5.82 Å². The molecular weight excluding hydrogens is 333 g/mol. The van der Waals surface area contributed by atoms with Gasteiger partial charge < -0.3 is 0 Å². The maximum atomic E-state index is 14.6. The molecule has 3 rings (SSSR count). The highest BCUT2D eigenvalue weighted by molar-refractivity contribution is 5.71. The van der Waals surface area contributed by atoms with Gasteiger partial charge in [-0.1, -0.05) is 68.8 Å². The Morgan fingerprint density at radius 2 is 1.35 bits per heavy atom. The minimum atomic E-state index is -0.921. The monoisotopic (exact) mass is 354 g/mol. The van der Waals surface area contributed by atoms with E-state index in [0.29, 0.717) is 23.1 Å². The third-order valence-corrected chi connectivity index (χ3v) is 4.63. The molecule has 134 valence electrons. The molecule has 3 aromatic carbocycles. The van der Waals surface area contributed by atoms with Crippen LogP contribution in [0.4, 0.5) is 13.2 Å². The van der Waals surface area contributed by atoms with Gasteiger partial charge in [0, 0.05) is 11.1 Å². The first-order valence-electron chi connectivity index (χ1n) is 8.91. The van der Waals surface area contributed by atoms with Crippen molar-refractivity contribution in [2.45, 2.75) is 33.1 Å². The van der Waals surface area contributed by atoms with E-state index < -0.39 is 17.5 Å². The van der Waals surface area contributed by atoms with E-state index in [-0.39, 0.29) is 5.56 Å². The van der Waals surface area contributed by atoms with E-state index in [9.17, 15) is 13.2 Å². The van der Waals surface area contributed by atoms with Crippen LogP contribution in [0, 0.1) is 17.5 Å². The highest BCUT2D eigenvalue weighted by Crippen LogP contribution is 2.31. The molecule has 0 spiro atoms. The lowest BCUT2D eigenvalue weighted by Gasteiger charge is -2.10. The Kier molecular flexibility index (Phi) is 5.46. The van der Waals surface area contributed by atoms with Gasteiger partial charge in [-0.3, -0.25) is 0 Å². The first kappa shape index (κ1) is 18.2. The van der Waals surface area contributed by atoms with E-state index in [1.807, 2.05) is 31.2 Å². The van der Waals surface area contributed by atoms with Crippen LogP contribution in [0.5, 0.6) is 0 Å². The molecule has 0 radical (unpaired) electrons. The van der Waals surface area contributed by atoms with Crippen LogP contribution in [0.3, 0.4) is 0 Å². The summed E-state index contributed by atoms with van der Waals surface area (Å²) >= 11 is 0. The molecule has 0 fully saturated rings. The Morgan fingerprint density at radius 3 is 1.96 bits per heavy atom. The molecule has 3 aromatic rings. The molecule has 0 unspecified atom stereocenters. The first-order chi connectivity index (χ1) is 12.5. The van der Waals surface area contributed by atoms with Crippen molar-refractivity contribution in [1.82, 2.24) is 0 Å². The zero-order valence-electron chi connectivity index (χ0n) is 15.0. The highest BCUT2D eigenvalue weighted by Gasteiger charge is 2.16. The molecule has 0 aromatic heterocycles. The maximum Gasteiger partial charge on any atom is 0.166 e. The molecule has 0 aliphatic rings. The summed E-state index contributed by atoms with van der Waals surface area (Å²) in [6, 6.07) is 15.3. The molecule has 0 aliphatic heterocycles. The molecule has 0 nitrogen and oxygen atoms in total.